The van der Waals surface area contributed by atoms with E-state index in [-0.39, 0.29) is 18.4 Å². The molecule has 0 unspecified atom stereocenters. The Labute approximate surface area is 395 Å². The van der Waals surface area contributed by atoms with Gasteiger partial charge in [-0.3, -0.25) is 9.59 Å². The minimum absolute atomic E-state index is 0.0252. The first-order chi connectivity index (χ1) is 33.3. The highest BCUT2D eigenvalue weighted by Gasteiger charge is 2.44. The van der Waals surface area contributed by atoms with Gasteiger partial charge >= 0.3 is 12.1 Å². The molecule has 9 nitrogen and oxygen atoms in total. The van der Waals surface area contributed by atoms with E-state index in [4.69, 9.17) is 9.47 Å². The van der Waals surface area contributed by atoms with E-state index in [1.807, 2.05) is 188 Å². The van der Waals surface area contributed by atoms with E-state index in [9.17, 15) is 9.59 Å². The van der Waals surface area contributed by atoms with Crippen molar-refractivity contribution in [3.05, 3.63) is 275 Å². The maximum absolute atomic E-state index is 15.4. The lowest BCUT2D eigenvalue weighted by Gasteiger charge is -2.38. The van der Waals surface area contributed by atoms with Crippen LogP contribution in [0.15, 0.2) is 224 Å². The molecule has 3 amide bonds. The fourth-order valence-corrected chi connectivity index (χ4v) is 9.45. The minimum atomic E-state index is -1.62. The maximum Gasteiger partial charge on any atom is 0.407 e. The molecule has 68 heavy (non-hydrogen) atoms. The topological polar surface area (TPSA) is 123 Å². The Hall–Kier alpha value is -8.56. The molecule has 1 aliphatic carbocycles. The third kappa shape index (κ3) is 8.77. The summed E-state index contributed by atoms with van der Waals surface area (Å²) in [7, 11) is 1.56. The van der Waals surface area contributed by atoms with Crippen LogP contribution in [0.3, 0.4) is 0 Å². The van der Waals surface area contributed by atoms with Crippen molar-refractivity contribution in [1.29, 1.82) is 0 Å². The zero-order chi connectivity index (χ0) is 46.9. The van der Waals surface area contributed by atoms with Gasteiger partial charge in [-0.25, -0.2) is 9.59 Å². The van der Waals surface area contributed by atoms with Crippen LogP contribution < -0.4 is 16.0 Å². The van der Waals surface area contributed by atoms with Gasteiger partial charge in [0.2, 0.25) is 5.91 Å². The number of rotatable bonds is 15. The second-order valence-corrected chi connectivity index (χ2v) is 16.6. The molecule has 1 aliphatic rings. The number of alkyl carbamates (subject to hydrolysis) is 1. The normalized spacial score (nSPS) is 12.4. The molecule has 3 N–H and O–H groups in total. The van der Waals surface area contributed by atoms with Crippen molar-refractivity contribution in [3.8, 4) is 11.1 Å². The molecule has 8 aromatic rings. The zero-order valence-corrected chi connectivity index (χ0v) is 37.4. The smallest absolute Gasteiger partial charge is 0.407 e. The largest absolute Gasteiger partial charge is 0.449 e. The molecule has 0 aliphatic heterocycles. The van der Waals surface area contributed by atoms with Crippen LogP contribution in [0, 0.1) is 0 Å². The SMILES string of the molecule is CNC(=O)c1ccc(C(OC(=O)[C@@H](CC(=O)NC(c2ccccc2)(c2ccccc2)c2ccccc2)NC(=O)OCC2c3ccccc3-c3ccccc32)(c2ccccc2)c2ccccc2)cc1. The number of nitrogens with one attached hydrogen (secondary N) is 3. The zero-order valence-electron chi connectivity index (χ0n) is 37.4. The summed E-state index contributed by atoms with van der Waals surface area (Å²) in [4.78, 5) is 57.5. The lowest BCUT2D eigenvalue weighted by atomic mass is 9.77. The highest BCUT2D eigenvalue weighted by atomic mass is 16.6. The fraction of sp³-hybridized carbons (Fsp3) is 0.119. The molecule has 0 radical (unpaired) electrons. The van der Waals surface area contributed by atoms with Crippen LogP contribution in [0.1, 0.15) is 67.2 Å². The molecule has 0 spiro atoms. The molecular formula is C59H49N3O6. The molecule has 0 heterocycles. The number of carbonyl (C=O) groups excluding carboxylic acids is 4. The standard InChI is InChI=1S/C59H49N3O6/c1-60-55(64)41-35-37-47(38-36-41)59(45-27-13-5-14-28-45,46-29-15-6-16-30-46)68-56(65)53(61-57(66)67-40-52-50-33-19-17-31-48(50)49-32-18-20-34-51(49)52)39-54(63)62-58(42-21-7-2-8-22-42,43-23-9-3-10-24-43)44-25-11-4-12-26-44/h2-38,52-53H,39-40H2,1H3,(H,60,64)(H,61,66)(H,62,63)/t53-/m1/s1. The van der Waals surface area contributed by atoms with Crippen molar-refractivity contribution >= 4 is 23.9 Å². The van der Waals surface area contributed by atoms with Gasteiger partial charge in [0.15, 0.2) is 5.60 Å². The number of fused-ring (bicyclic) bond motifs is 3. The van der Waals surface area contributed by atoms with Gasteiger partial charge in [-0.05, 0) is 51.1 Å². The monoisotopic (exact) mass is 895 g/mol. The highest BCUT2D eigenvalue weighted by molar-refractivity contribution is 5.94. The van der Waals surface area contributed by atoms with Crippen LogP contribution in [0.2, 0.25) is 0 Å². The maximum atomic E-state index is 15.4. The average Bonchev–Trinajstić information content (AvgIpc) is 3.73. The van der Waals surface area contributed by atoms with Crippen molar-refractivity contribution in [3.63, 3.8) is 0 Å². The van der Waals surface area contributed by atoms with Crippen LogP contribution in [-0.2, 0) is 30.2 Å². The summed E-state index contributed by atoms with van der Waals surface area (Å²) >= 11 is 0. The van der Waals surface area contributed by atoms with Crippen LogP contribution in [-0.4, -0.2) is 43.6 Å². The van der Waals surface area contributed by atoms with Crippen LogP contribution in [0.4, 0.5) is 4.79 Å². The second kappa shape index (κ2) is 19.9. The van der Waals surface area contributed by atoms with Crippen LogP contribution in [0.5, 0.6) is 0 Å². The average molecular weight is 896 g/mol. The number of carbonyl (C=O) groups is 4. The molecule has 0 aromatic heterocycles. The fourth-order valence-electron chi connectivity index (χ4n) is 9.45. The summed E-state index contributed by atoms with van der Waals surface area (Å²) in [6.45, 7) is -0.0252. The van der Waals surface area contributed by atoms with Crippen molar-refractivity contribution < 1.29 is 28.7 Å². The summed E-state index contributed by atoms with van der Waals surface area (Å²) < 4.78 is 12.9. The van der Waals surface area contributed by atoms with Crippen molar-refractivity contribution in [2.75, 3.05) is 13.7 Å². The molecular weight excluding hydrogens is 847 g/mol. The number of amides is 3. The molecule has 0 bridgehead atoms. The van der Waals surface area contributed by atoms with E-state index in [1.165, 1.54) is 0 Å². The van der Waals surface area contributed by atoms with Crippen LogP contribution in [0.25, 0.3) is 11.1 Å². The van der Waals surface area contributed by atoms with Gasteiger partial charge in [0, 0.05) is 35.2 Å². The molecule has 9 rings (SSSR count). The number of ether oxygens (including phenoxy) is 2. The first-order valence-electron chi connectivity index (χ1n) is 22.6. The minimum Gasteiger partial charge on any atom is -0.449 e. The van der Waals surface area contributed by atoms with Crippen LogP contribution >= 0.6 is 0 Å². The Morgan fingerprint density at radius 3 is 1.34 bits per heavy atom. The summed E-state index contributed by atoms with van der Waals surface area (Å²) in [5, 5.41) is 8.78. The number of hydrogen-bond acceptors (Lipinski definition) is 6. The predicted octanol–water partition coefficient (Wildman–Crippen LogP) is 10.3. The molecule has 8 aromatic carbocycles. The van der Waals surface area contributed by atoms with E-state index < -0.39 is 41.6 Å². The van der Waals surface area contributed by atoms with E-state index >= 15 is 9.59 Å². The number of esters is 1. The van der Waals surface area contributed by atoms with E-state index in [0.717, 1.165) is 38.9 Å². The summed E-state index contributed by atoms with van der Waals surface area (Å²) in [6, 6.07) is 68.7. The molecule has 0 saturated heterocycles. The Morgan fingerprint density at radius 2 is 0.897 bits per heavy atom. The Bertz CT molecular complexity index is 2840. The summed E-state index contributed by atoms with van der Waals surface area (Å²) in [5.41, 5.74) is 5.78. The van der Waals surface area contributed by atoms with Crippen molar-refractivity contribution in [2.24, 2.45) is 0 Å². The lowest BCUT2D eigenvalue weighted by molar-refractivity contribution is -0.157. The molecule has 0 saturated carbocycles. The van der Waals surface area contributed by atoms with E-state index in [0.29, 0.717) is 22.3 Å². The molecule has 336 valence electrons. The Kier molecular flexibility index (Phi) is 13.1. The van der Waals surface area contributed by atoms with Gasteiger partial charge in [0.25, 0.3) is 5.91 Å². The Balaban J connectivity index is 1.11. The third-order valence-corrected chi connectivity index (χ3v) is 12.7. The summed E-state index contributed by atoms with van der Waals surface area (Å²) in [6.07, 6.45) is -1.44. The van der Waals surface area contributed by atoms with Crippen molar-refractivity contribution in [1.82, 2.24) is 16.0 Å². The van der Waals surface area contributed by atoms with Gasteiger partial charge in [-0.15, -0.1) is 0 Å². The second-order valence-electron chi connectivity index (χ2n) is 16.6. The van der Waals surface area contributed by atoms with Gasteiger partial charge in [-0.2, -0.15) is 0 Å². The van der Waals surface area contributed by atoms with Crippen molar-refractivity contribution in [2.45, 2.75) is 29.5 Å². The first kappa shape index (κ1) is 44.6. The van der Waals surface area contributed by atoms with Gasteiger partial charge in [0.1, 0.15) is 18.2 Å². The molecule has 9 heteroatoms. The van der Waals surface area contributed by atoms with Gasteiger partial charge in [0.05, 0.1) is 6.42 Å². The van der Waals surface area contributed by atoms with E-state index in [2.05, 4.69) is 28.1 Å². The number of hydrogen-bond donors (Lipinski definition) is 3. The Morgan fingerprint density at radius 1 is 0.500 bits per heavy atom. The van der Waals surface area contributed by atoms with Gasteiger partial charge < -0.3 is 25.4 Å². The first-order valence-corrected chi connectivity index (χ1v) is 22.6. The highest BCUT2D eigenvalue weighted by Crippen LogP contribution is 2.45. The number of benzene rings is 8. The third-order valence-electron chi connectivity index (χ3n) is 12.7. The van der Waals surface area contributed by atoms with E-state index in [1.54, 1.807) is 31.3 Å². The quantitative estimate of drug-likeness (QED) is 0.0696. The molecule has 0 fully saturated rings. The van der Waals surface area contributed by atoms with Gasteiger partial charge in [-0.1, -0.05) is 212 Å². The molecule has 1 atom stereocenters. The predicted molar refractivity (Wildman–Crippen MR) is 263 cm³/mol. The lowest BCUT2D eigenvalue weighted by Crippen LogP contribution is -2.52. The summed E-state index contributed by atoms with van der Waals surface area (Å²) in [5.74, 6) is -2.00.